The molecule has 19 heavy (non-hydrogen) atoms. The van der Waals surface area contributed by atoms with Crippen LogP contribution in [-0.2, 0) is 9.59 Å². The molecule has 1 rings (SSSR count). The van der Waals surface area contributed by atoms with Crippen molar-refractivity contribution in [3.05, 3.63) is 35.9 Å². The lowest BCUT2D eigenvalue weighted by Gasteiger charge is -2.11. The van der Waals surface area contributed by atoms with Crippen LogP contribution in [-0.4, -0.2) is 35.0 Å². The van der Waals surface area contributed by atoms with Crippen molar-refractivity contribution in [3.63, 3.8) is 0 Å². The lowest BCUT2D eigenvalue weighted by atomic mass is 9.98. The summed E-state index contributed by atoms with van der Waals surface area (Å²) in [5, 5.41) is 11.3. The van der Waals surface area contributed by atoms with E-state index in [1.165, 1.54) is 11.8 Å². The molecule has 5 heteroatoms. The third-order valence-electron chi connectivity index (χ3n) is 2.65. The van der Waals surface area contributed by atoms with Crippen molar-refractivity contribution < 1.29 is 14.7 Å². The Labute approximate surface area is 117 Å². The van der Waals surface area contributed by atoms with Crippen LogP contribution < -0.4 is 5.32 Å². The molecule has 0 aliphatic carbocycles. The molecule has 0 radical (unpaired) electrons. The van der Waals surface area contributed by atoms with Crippen LogP contribution >= 0.6 is 11.8 Å². The van der Waals surface area contributed by atoms with Gasteiger partial charge in [0.05, 0.1) is 5.75 Å². The average Bonchev–Trinajstić information content (AvgIpc) is 2.39. The van der Waals surface area contributed by atoms with E-state index in [2.05, 4.69) is 5.32 Å². The molecule has 0 aromatic heterocycles. The summed E-state index contributed by atoms with van der Waals surface area (Å²) in [6.07, 6.45) is 0.452. The number of thioether (sulfide) groups is 1. The van der Waals surface area contributed by atoms with Gasteiger partial charge in [-0.3, -0.25) is 9.59 Å². The number of carbonyl (C=O) groups excluding carboxylic acids is 1. The third kappa shape index (κ3) is 6.86. The number of carbonyl (C=O) groups is 2. The van der Waals surface area contributed by atoms with Gasteiger partial charge in [-0.15, -0.1) is 11.8 Å². The van der Waals surface area contributed by atoms with Gasteiger partial charge in [0.25, 0.3) is 0 Å². The first-order chi connectivity index (χ1) is 9.09. The van der Waals surface area contributed by atoms with Crippen molar-refractivity contribution in [3.8, 4) is 0 Å². The maximum Gasteiger partial charge on any atom is 0.313 e. The minimum absolute atomic E-state index is 0.00674. The Morgan fingerprint density at radius 1 is 1.32 bits per heavy atom. The van der Waals surface area contributed by atoms with Crippen LogP contribution in [0.5, 0.6) is 0 Å². The van der Waals surface area contributed by atoms with Gasteiger partial charge in [0, 0.05) is 18.7 Å². The Balaban J connectivity index is 2.19. The Kier molecular flexibility index (Phi) is 7.03. The molecule has 0 aliphatic heterocycles. The van der Waals surface area contributed by atoms with Gasteiger partial charge in [-0.05, 0) is 11.5 Å². The number of benzene rings is 1. The van der Waals surface area contributed by atoms with Gasteiger partial charge in [0.2, 0.25) is 5.91 Å². The van der Waals surface area contributed by atoms with E-state index < -0.39 is 5.97 Å². The normalized spacial score (nSPS) is 11.8. The van der Waals surface area contributed by atoms with E-state index in [4.69, 9.17) is 5.11 Å². The van der Waals surface area contributed by atoms with Crippen LogP contribution in [0.1, 0.15) is 24.8 Å². The summed E-state index contributed by atoms with van der Waals surface area (Å²) in [4.78, 5) is 22.0. The second-order valence-electron chi connectivity index (χ2n) is 4.31. The van der Waals surface area contributed by atoms with Crippen molar-refractivity contribution in [1.29, 1.82) is 0 Å². The number of rotatable bonds is 8. The van der Waals surface area contributed by atoms with Crippen LogP contribution in [0.2, 0.25) is 0 Å². The van der Waals surface area contributed by atoms with Crippen LogP contribution in [0.15, 0.2) is 30.3 Å². The maximum absolute atomic E-state index is 11.7. The monoisotopic (exact) mass is 281 g/mol. The topological polar surface area (TPSA) is 66.4 Å². The summed E-state index contributed by atoms with van der Waals surface area (Å²) in [6.45, 7) is 2.53. The minimum Gasteiger partial charge on any atom is -0.481 e. The van der Waals surface area contributed by atoms with Crippen molar-refractivity contribution >= 4 is 23.6 Å². The van der Waals surface area contributed by atoms with Gasteiger partial charge in [-0.2, -0.15) is 0 Å². The summed E-state index contributed by atoms with van der Waals surface area (Å²) in [6, 6.07) is 9.91. The molecule has 0 saturated heterocycles. The molecule has 1 amide bonds. The molecule has 2 N–H and O–H groups in total. The van der Waals surface area contributed by atoms with Gasteiger partial charge in [-0.25, -0.2) is 0 Å². The third-order valence-corrected chi connectivity index (χ3v) is 3.60. The highest BCUT2D eigenvalue weighted by Crippen LogP contribution is 2.17. The second-order valence-corrected chi connectivity index (χ2v) is 5.42. The summed E-state index contributed by atoms with van der Waals surface area (Å²) in [7, 11) is 0. The fourth-order valence-corrected chi connectivity index (χ4v) is 2.24. The fraction of sp³-hybridized carbons (Fsp3) is 0.429. The molecule has 0 heterocycles. The first-order valence-electron chi connectivity index (χ1n) is 6.20. The fourth-order valence-electron chi connectivity index (χ4n) is 1.67. The molecule has 0 fully saturated rings. The highest BCUT2D eigenvalue weighted by molar-refractivity contribution is 7.99. The van der Waals surface area contributed by atoms with E-state index >= 15 is 0 Å². The maximum atomic E-state index is 11.7. The Morgan fingerprint density at radius 3 is 2.63 bits per heavy atom. The number of nitrogens with one attached hydrogen (secondary N) is 1. The molecule has 1 atom stereocenters. The SMILES string of the molecule is CC(CC(=O)NCCSCC(=O)O)c1ccccc1. The second kappa shape index (κ2) is 8.58. The van der Waals surface area contributed by atoms with Crippen molar-refractivity contribution in [1.82, 2.24) is 5.32 Å². The van der Waals surface area contributed by atoms with Crippen LogP contribution in [0.25, 0.3) is 0 Å². The zero-order valence-electron chi connectivity index (χ0n) is 11.0. The lowest BCUT2D eigenvalue weighted by Crippen LogP contribution is -2.27. The molecule has 104 valence electrons. The number of hydrogen-bond acceptors (Lipinski definition) is 3. The smallest absolute Gasteiger partial charge is 0.313 e. The van der Waals surface area contributed by atoms with Gasteiger partial charge >= 0.3 is 5.97 Å². The zero-order valence-corrected chi connectivity index (χ0v) is 11.8. The first-order valence-corrected chi connectivity index (χ1v) is 7.36. The molecular weight excluding hydrogens is 262 g/mol. The molecule has 1 aromatic carbocycles. The largest absolute Gasteiger partial charge is 0.481 e. The molecule has 1 unspecified atom stereocenters. The molecule has 0 saturated carbocycles. The highest BCUT2D eigenvalue weighted by atomic mass is 32.2. The highest BCUT2D eigenvalue weighted by Gasteiger charge is 2.10. The first kappa shape index (κ1) is 15.6. The molecule has 0 bridgehead atoms. The molecule has 0 aliphatic rings. The van der Waals surface area contributed by atoms with Crippen LogP contribution in [0, 0.1) is 0 Å². The number of amides is 1. The van der Waals surface area contributed by atoms with E-state index in [-0.39, 0.29) is 17.6 Å². The number of hydrogen-bond donors (Lipinski definition) is 2. The standard InChI is InChI=1S/C14H19NO3S/c1-11(12-5-3-2-4-6-12)9-13(16)15-7-8-19-10-14(17)18/h2-6,11H,7-10H2,1H3,(H,15,16)(H,17,18). The van der Waals surface area contributed by atoms with Crippen molar-refractivity contribution in [2.24, 2.45) is 0 Å². The van der Waals surface area contributed by atoms with E-state index in [0.717, 1.165) is 5.56 Å². The predicted molar refractivity (Wildman–Crippen MR) is 77.4 cm³/mol. The quantitative estimate of drug-likeness (QED) is 0.716. The Bertz CT molecular complexity index is 408. The summed E-state index contributed by atoms with van der Waals surface area (Å²) < 4.78 is 0. The van der Waals surface area contributed by atoms with E-state index in [9.17, 15) is 9.59 Å². The zero-order chi connectivity index (χ0) is 14.1. The summed E-state index contributed by atoms with van der Waals surface area (Å²) in [5.41, 5.74) is 1.15. The predicted octanol–water partition coefficient (Wildman–Crippen LogP) is 2.11. The number of carboxylic acid groups (broad SMARTS) is 1. The van der Waals surface area contributed by atoms with Crippen LogP contribution in [0.4, 0.5) is 0 Å². The molecular formula is C14H19NO3S. The molecule has 0 spiro atoms. The molecule has 1 aromatic rings. The van der Waals surface area contributed by atoms with E-state index in [1.807, 2.05) is 37.3 Å². The summed E-state index contributed by atoms with van der Waals surface area (Å²) in [5.74, 6) is 0.0720. The van der Waals surface area contributed by atoms with Gasteiger partial charge in [-0.1, -0.05) is 37.3 Å². The van der Waals surface area contributed by atoms with E-state index in [1.54, 1.807) is 0 Å². The van der Waals surface area contributed by atoms with Crippen LogP contribution in [0.3, 0.4) is 0 Å². The van der Waals surface area contributed by atoms with Gasteiger partial charge in [0.1, 0.15) is 0 Å². The van der Waals surface area contributed by atoms with Gasteiger partial charge < -0.3 is 10.4 Å². The van der Waals surface area contributed by atoms with E-state index in [0.29, 0.717) is 18.7 Å². The summed E-state index contributed by atoms with van der Waals surface area (Å²) >= 11 is 1.30. The van der Waals surface area contributed by atoms with Crippen molar-refractivity contribution in [2.45, 2.75) is 19.3 Å². The minimum atomic E-state index is -0.825. The average molecular weight is 281 g/mol. The Hall–Kier alpha value is -1.49. The van der Waals surface area contributed by atoms with Crippen molar-refractivity contribution in [2.75, 3.05) is 18.1 Å². The van der Waals surface area contributed by atoms with Gasteiger partial charge in [0.15, 0.2) is 0 Å². The number of carboxylic acids is 1. The lowest BCUT2D eigenvalue weighted by molar-refractivity contribution is -0.133. The number of aliphatic carboxylic acids is 1. The molecule has 4 nitrogen and oxygen atoms in total. The Morgan fingerprint density at radius 2 is 2.00 bits per heavy atom.